The molecule has 1 amide bonds. The monoisotopic (exact) mass is 345 g/mol. The molecule has 0 bridgehead atoms. The Morgan fingerprint density at radius 2 is 2.04 bits per heavy atom. The lowest BCUT2D eigenvalue weighted by Crippen LogP contribution is -2.24. The number of nitrogens with one attached hydrogen (secondary N) is 1. The van der Waals surface area contributed by atoms with Crippen LogP contribution in [0, 0.1) is 12.7 Å². The third-order valence-corrected chi connectivity index (χ3v) is 3.64. The molecule has 0 saturated heterocycles. The molecule has 0 saturated carbocycles. The Balaban J connectivity index is 1.71. The van der Waals surface area contributed by atoms with E-state index in [0.717, 1.165) is 11.1 Å². The fraction of sp³-hybridized carbons (Fsp3) is 0.118. The van der Waals surface area contributed by atoms with Gasteiger partial charge in [0.15, 0.2) is 0 Å². The van der Waals surface area contributed by atoms with Crippen molar-refractivity contribution in [3.63, 3.8) is 0 Å². The predicted octanol–water partition coefficient (Wildman–Crippen LogP) is 3.77. The fourth-order valence-corrected chi connectivity index (χ4v) is 2.43. The molecule has 0 unspecified atom stereocenters. The number of amides is 1. The van der Waals surface area contributed by atoms with E-state index in [0.29, 0.717) is 5.89 Å². The number of rotatable bonds is 4. The third-order valence-electron chi connectivity index (χ3n) is 3.32. The molecule has 5 nitrogen and oxygen atoms in total. The standard InChI is InChI=1S/C17H13ClFN3O2/c1-10-4-2-5-11(8-10)17-22-21-14(24-17)9-20-16(23)15-12(18)6-3-7-13(15)19/h2-8H,9H2,1H3,(H,20,23). The van der Waals surface area contributed by atoms with Crippen molar-refractivity contribution in [3.05, 3.63) is 70.3 Å². The molecule has 2 aromatic carbocycles. The van der Waals surface area contributed by atoms with E-state index in [9.17, 15) is 9.18 Å². The molecule has 24 heavy (non-hydrogen) atoms. The second-order valence-corrected chi connectivity index (χ2v) is 5.56. The van der Waals surface area contributed by atoms with Crippen LogP contribution in [0.4, 0.5) is 4.39 Å². The zero-order valence-corrected chi connectivity index (χ0v) is 13.5. The molecule has 3 aromatic rings. The third kappa shape index (κ3) is 3.44. The number of aryl methyl sites for hydroxylation is 1. The molecule has 1 N–H and O–H groups in total. The maximum absolute atomic E-state index is 13.7. The Kier molecular flexibility index (Phi) is 4.57. The topological polar surface area (TPSA) is 68.0 Å². The van der Waals surface area contributed by atoms with Crippen molar-refractivity contribution in [3.8, 4) is 11.5 Å². The average molecular weight is 346 g/mol. The van der Waals surface area contributed by atoms with Gasteiger partial charge in [-0.15, -0.1) is 10.2 Å². The molecule has 122 valence electrons. The van der Waals surface area contributed by atoms with Crippen molar-refractivity contribution in [1.82, 2.24) is 15.5 Å². The average Bonchev–Trinajstić information content (AvgIpc) is 3.02. The SMILES string of the molecule is Cc1cccc(-c2nnc(CNC(=O)c3c(F)cccc3Cl)o2)c1. The summed E-state index contributed by atoms with van der Waals surface area (Å²) in [5, 5.41) is 10.4. The van der Waals surface area contributed by atoms with Gasteiger partial charge in [-0.2, -0.15) is 0 Å². The van der Waals surface area contributed by atoms with Crippen LogP contribution >= 0.6 is 11.6 Å². The molecular formula is C17H13ClFN3O2. The summed E-state index contributed by atoms with van der Waals surface area (Å²) in [5.41, 5.74) is 1.64. The Morgan fingerprint density at radius 3 is 2.79 bits per heavy atom. The van der Waals surface area contributed by atoms with E-state index < -0.39 is 11.7 Å². The highest BCUT2D eigenvalue weighted by molar-refractivity contribution is 6.33. The lowest BCUT2D eigenvalue weighted by Gasteiger charge is -2.05. The van der Waals surface area contributed by atoms with Gasteiger partial charge >= 0.3 is 0 Å². The molecule has 0 spiro atoms. The van der Waals surface area contributed by atoms with Crippen LogP contribution in [0.5, 0.6) is 0 Å². The molecular weight excluding hydrogens is 333 g/mol. The number of benzene rings is 2. The zero-order chi connectivity index (χ0) is 17.1. The lowest BCUT2D eigenvalue weighted by molar-refractivity contribution is 0.0943. The Hall–Kier alpha value is -2.73. The van der Waals surface area contributed by atoms with Crippen LogP contribution in [0.15, 0.2) is 46.9 Å². The van der Waals surface area contributed by atoms with E-state index in [4.69, 9.17) is 16.0 Å². The van der Waals surface area contributed by atoms with Gasteiger partial charge in [0.2, 0.25) is 11.8 Å². The maximum atomic E-state index is 13.7. The van der Waals surface area contributed by atoms with Crippen molar-refractivity contribution in [2.75, 3.05) is 0 Å². The number of aromatic nitrogens is 2. The number of nitrogens with zero attached hydrogens (tertiary/aromatic N) is 2. The van der Waals surface area contributed by atoms with Crippen molar-refractivity contribution in [2.24, 2.45) is 0 Å². The molecule has 1 heterocycles. The Bertz CT molecular complexity index is 875. The molecule has 0 aliphatic rings. The first-order valence-electron chi connectivity index (χ1n) is 7.16. The van der Waals surface area contributed by atoms with Gasteiger partial charge in [-0.1, -0.05) is 35.4 Å². The van der Waals surface area contributed by atoms with Gasteiger partial charge in [0.1, 0.15) is 5.82 Å². The van der Waals surface area contributed by atoms with Gasteiger partial charge in [0.05, 0.1) is 17.1 Å². The molecule has 1 aromatic heterocycles. The summed E-state index contributed by atoms with van der Waals surface area (Å²) in [6, 6.07) is 11.7. The van der Waals surface area contributed by atoms with E-state index in [1.165, 1.54) is 18.2 Å². The smallest absolute Gasteiger partial charge is 0.256 e. The van der Waals surface area contributed by atoms with Crippen LogP contribution in [0.25, 0.3) is 11.5 Å². The van der Waals surface area contributed by atoms with Crippen LogP contribution in [0.2, 0.25) is 5.02 Å². The summed E-state index contributed by atoms with van der Waals surface area (Å²) in [4.78, 5) is 12.1. The van der Waals surface area contributed by atoms with Gasteiger partial charge in [-0.25, -0.2) is 4.39 Å². The Morgan fingerprint density at radius 1 is 1.25 bits per heavy atom. The first-order valence-corrected chi connectivity index (χ1v) is 7.54. The summed E-state index contributed by atoms with van der Waals surface area (Å²) in [5.74, 6) is -0.765. The highest BCUT2D eigenvalue weighted by atomic mass is 35.5. The number of halogens is 2. The fourth-order valence-electron chi connectivity index (χ4n) is 2.18. The van der Waals surface area contributed by atoms with Crippen molar-refractivity contribution >= 4 is 17.5 Å². The molecule has 7 heteroatoms. The van der Waals surface area contributed by atoms with E-state index in [-0.39, 0.29) is 23.0 Å². The molecule has 0 atom stereocenters. The normalized spacial score (nSPS) is 10.6. The second-order valence-electron chi connectivity index (χ2n) is 5.15. The van der Waals surface area contributed by atoms with Gasteiger partial charge < -0.3 is 9.73 Å². The minimum atomic E-state index is -0.689. The maximum Gasteiger partial charge on any atom is 0.256 e. The molecule has 3 rings (SSSR count). The van der Waals surface area contributed by atoms with E-state index in [1.54, 1.807) is 0 Å². The summed E-state index contributed by atoms with van der Waals surface area (Å²) in [6.07, 6.45) is 0. The van der Waals surface area contributed by atoms with Crippen molar-refractivity contribution < 1.29 is 13.6 Å². The summed E-state index contributed by atoms with van der Waals surface area (Å²) >= 11 is 5.85. The lowest BCUT2D eigenvalue weighted by atomic mass is 10.1. The van der Waals surface area contributed by atoms with Gasteiger partial charge in [0.25, 0.3) is 5.91 Å². The summed E-state index contributed by atoms with van der Waals surface area (Å²) < 4.78 is 19.2. The summed E-state index contributed by atoms with van der Waals surface area (Å²) in [6.45, 7) is 1.93. The number of hydrogen-bond donors (Lipinski definition) is 1. The number of hydrogen-bond acceptors (Lipinski definition) is 4. The molecule has 0 fully saturated rings. The molecule has 0 aliphatic heterocycles. The van der Waals surface area contributed by atoms with Crippen LogP contribution in [0.3, 0.4) is 0 Å². The van der Waals surface area contributed by atoms with Crippen molar-refractivity contribution in [2.45, 2.75) is 13.5 Å². The van der Waals surface area contributed by atoms with Gasteiger partial charge in [-0.3, -0.25) is 4.79 Å². The molecule has 0 aliphatic carbocycles. The van der Waals surface area contributed by atoms with Gasteiger partial charge in [-0.05, 0) is 31.2 Å². The number of carbonyl (C=O) groups is 1. The van der Waals surface area contributed by atoms with E-state index >= 15 is 0 Å². The zero-order valence-electron chi connectivity index (χ0n) is 12.7. The van der Waals surface area contributed by atoms with Crippen molar-refractivity contribution in [1.29, 1.82) is 0 Å². The van der Waals surface area contributed by atoms with Crippen LogP contribution < -0.4 is 5.32 Å². The van der Waals surface area contributed by atoms with Crippen LogP contribution in [0.1, 0.15) is 21.8 Å². The quantitative estimate of drug-likeness (QED) is 0.781. The van der Waals surface area contributed by atoms with E-state index in [2.05, 4.69) is 15.5 Å². The first-order chi connectivity index (χ1) is 11.5. The van der Waals surface area contributed by atoms with Crippen LogP contribution in [-0.4, -0.2) is 16.1 Å². The van der Waals surface area contributed by atoms with E-state index in [1.807, 2.05) is 31.2 Å². The predicted molar refractivity (Wildman–Crippen MR) is 87.1 cm³/mol. The number of carbonyl (C=O) groups excluding carboxylic acids is 1. The Labute approximate surface area is 142 Å². The molecule has 0 radical (unpaired) electrons. The first kappa shape index (κ1) is 16.1. The highest BCUT2D eigenvalue weighted by Gasteiger charge is 2.16. The van der Waals surface area contributed by atoms with Gasteiger partial charge in [0, 0.05) is 5.56 Å². The van der Waals surface area contributed by atoms with Crippen LogP contribution in [-0.2, 0) is 6.54 Å². The second kappa shape index (κ2) is 6.80. The highest BCUT2D eigenvalue weighted by Crippen LogP contribution is 2.20. The minimum absolute atomic E-state index is 0.0255. The largest absolute Gasteiger partial charge is 0.419 e. The minimum Gasteiger partial charge on any atom is -0.419 e. The summed E-state index contributed by atoms with van der Waals surface area (Å²) in [7, 11) is 0.